The van der Waals surface area contributed by atoms with Gasteiger partial charge in [0.05, 0.1) is 13.0 Å². The first-order valence-electron chi connectivity index (χ1n) is 5.39. The maximum atomic E-state index is 11.9. The zero-order valence-electron chi connectivity index (χ0n) is 10.3. The zero-order chi connectivity index (χ0) is 14.0. The van der Waals surface area contributed by atoms with E-state index in [1.807, 2.05) is 0 Å². The van der Waals surface area contributed by atoms with Crippen molar-refractivity contribution in [3.63, 3.8) is 0 Å². The number of rotatable bonds is 4. The second kappa shape index (κ2) is 5.54. The summed E-state index contributed by atoms with van der Waals surface area (Å²) in [6.45, 7) is 0.232. The lowest BCUT2D eigenvalue weighted by molar-refractivity contribution is -0.146. The van der Waals surface area contributed by atoms with Gasteiger partial charge in [-0.25, -0.2) is 21.1 Å². The summed E-state index contributed by atoms with van der Waals surface area (Å²) in [6, 6.07) is 0. The normalized spacial score (nSPS) is 22.7. The summed E-state index contributed by atoms with van der Waals surface area (Å²) in [5.74, 6) is -0.979. The van der Waals surface area contributed by atoms with Gasteiger partial charge in [0, 0.05) is 19.3 Å². The Morgan fingerprint density at radius 2 is 1.94 bits per heavy atom. The highest BCUT2D eigenvalue weighted by atomic mass is 32.3. The highest BCUT2D eigenvalue weighted by molar-refractivity contribution is 8.06. The first-order valence-corrected chi connectivity index (χ1v) is 9.06. The van der Waals surface area contributed by atoms with Gasteiger partial charge in [-0.1, -0.05) is 0 Å². The van der Waals surface area contributed by atoms with Crippen molar-refractivity contribution < 1.29 is 26.4 Å². The van der Waals surface area contributed by atoms with E-state index in [4.69, 9.17) is 0 Å². The fourth-order valence-corrected chi connectivity index (χ4v) is 5.47. The minimum absolute atomic E-state index is 0.00940. The summed E-state index contributed by atoms with van der Waals surface area (Å²) in [7, 11) is -6.26. The highest BCUT2D eigenvalue weighted by Gasteiger charge is 2.34. The van der Waals surface area contributed by atoms with E-state index in [1.54, 1.807) is 0 Å². The summed E-state index contributed by atoms with van der Waals surface area (Å²) in [5, 5.41) is -0.923. The van der Waals surface area contributed by atoms with Crippen molar-refractivity contribution in [2.45, 2.75) is 12.8 Å². The van der Waals surface area contributed by atoms with Gasteiger partial charge in [-0.2, -0.15) is 0 Å². The molecule has 0 saturated carbocycles. The molecule has 7 nitrogen and oxygen atoms in total. The summed E-state index contributed by atoms with van der Waals surface area (Å²) in [4.78, 5) is 11.4. The van der Waals surface area contributed by atoms with Crippen LogP contribution in [0.5, 0.6) is 0 Å². The predicted octanol–water partition coefficient (Wildman–Crippen LogP) is -0.797. The molecule has 18 heavy (non-hydrogen) atoms. The second-order valence-electron chi connectivity index (χ2n) is 4.38. The van der Waals surface area contributed by atoms with Crippen molar-refractivity contribution in [2.75, 3.05) is 31.5 Å². The Hall–Kier alpha value is -0.670. The van der Waals surface area contributed by atoms with Gasteiger partial charge in [-0.05, 0) is 12.8 Å². The fourth-order valence-electron chi connectivity index (χ4n) is 1.90. The molecule has 0 amide bonds. The molecular weight excluding hydrogens is 282 g/mol. The van der Waals surface area contributed by atoms with Crippen LogP contribution in [-0.4, -0.2) is 58.7 Å². The van der Waals surface area contributed by atoms with Gasteiger partial charge in [0.25, 0.3) is 0 Å². The van der Waals surface area contributed by atoms with E-state index in [9.17, 15) is 21.6 Å². The van der Waals surface area contributed by atoms with Crippen LogP contribution in [0.3, 0.4) is 0 Å². The molecule has 0 radical (unpaired) electrons. The van der Waals surface area contributed by atoms with Crippen molar-refractivity contribution in [2.24, 2.45) is 5.92 Å². The van der Waals surface area contributed by atoms with Crippen LogP contribution in [0.1, 0.15) is 12.8 Å². The Morgan fingerprint density at radius 3 is 2.44 bits per heavy atom. The van der Waals surface area contributed by atoms with Gasteiger partial charge in [-0.15, -0.1) is 0 Å². The van der Waals surface area contributed by atoms with Crippen molar-refractivity contribution >= 4 is 25.8 Å². The van der Waals surface area contributed by atoms with Crippen LogP contribution in [-0.2, 0) is 29.4 Å². The van der Waals surface area contributed by atoms with Gasteiger partial charge in [0.2, 0.25) is 10.0 Å². The summed E-state index contributed by atoms with van der Waals surface area (Å²) >= 11 is 0. The minimum atomic E-state index is -3.88. The third-order valence-electron chi connectivity index (χ3n) is 2.68. The van der Waals surface area contributed by atoms with E-state index in [-0.39, 0.29) is 13.1 Å². The molecule has 0 aliphatic carbocycles. The summed E-state index contributed by atoms with van der Waals surface area (Å²) in [6.07, 6.45) is 1.94. The molecule has 0 aromatic rings. The number of methoxy groups -OCH3 is 1. The quantitative estimate of drug-likeness (QED) is 0.631. The average molecular weight is 299 g/mol. The third-order valence-corrected chi connectivity index (χ3v) is 6.70. The van der Waals surface area contributed by atoms with E-state index < -0.39 is 36.8 Å². The Morgan fingerprint density at radius 1 is 1.33 bits per heavy atom. The molecule has 106 valence electrons. The van der Waals surface area contributed by atoms with Crippen LogP contribution in [0.25, 0.3) is 0 Å². The standard InChI is InChI=1S/C9H17NO6S2/c1-16-9(11)8-4-3-5-10(6-8)18(14,15)7-17(2,12)13/h8H,3-7H2,1-2H3/t8-/m0/s1. The minimum Gasteiger partial charge on any atom is -0.469 e. The topological polar surface area (TPSA) is 97.8 Å². The van der Waals surface area contributed by atoms with Crippen molar-refractivity contribution in [1.82, 2.24) is 4.31 Å². The number of nitrogens with zero attached hydrogens (tertiary/aromatic N) is 1. The van der Waals surface area contributed by atoms with Crippen molar-refractivity contribution in [1.29, 1.82) is 0 Å². The van der Waals surface area contributed by atoms with Gasteiger partial charge in [0.15, 0.2) is 14.9 Å². The Labute approximate surface area is 107 Å². The molecule has 1 fully saturated rings. The molecule has 0 aromatic heterocycles. The predicted molar refractivity (Wildman–Crippen MR) is 64.9 cm³/mol. The van der Waals surface area contributed by atoms with Crippen molar-refractivity contribution in [3.8, 4) is 0 Å². The first kappa shape index (κ1) is 15.4. The van der Waals surface area contributed by atoms with Crippen LogP contribution < -0.4 is 0 Å². The fraction of sp³-hybridized carbons (Fsp3) is 0.889. The lowest BCUT2D eigenvalue weighted by Gasteiger charge is -2.30. The Kier molecular flexibility index (Phi) is 4.73. The largest absolute Gasteiger partial charge is 0.469 e. The Balaban J connectivity index is 2.81. The lowest BCUT2D eigenvalue weighted by Crippen LogP contribution is -2.44. The number of piperidine rings is 1. The molecule has 0 unspecified atom stereocenters. The number of carbonyl (C=O) groups excluding carboxylic acids is 1. The van der Waals surface area contributed by atoms with Crippen molar-refractivity contribution in [3.05, 3.63) is 0 Å². The lowest BCUT2D eigenvalue weighted by atomic mass is 10.0. The maximum Gasteiger partial charge on any atom is 0.309 e. The van der Waals surface area contributed by atoms with Crippen LogP contribution in [0.2, 0.25) is 0 Å². The van der Waals surface area contributed by atoms with E-state index >= 15 is 0 Å². The van der Waals surface area contributed by atoms with Gasteiger partial charge in [0.1, 0.15) is 0 Å². The molecule has 1 saturated heterocycles. The average Bonchev–Trinajstić information content (AvgIpc) is 2.25. The number of hydrogen-bond donors (Lipinski definition) is 0. The molecule has 1 aliphatic rings. The molecule has 0 aromatic carbocycles. The van der Waals surface area contributed by atoms with E-state index in [0.29, 0.717) is 12.8 Å². The highest BCUT2D eigenvalue weighted by Crippen LogP contribution is 2.21. The second-order valence-corrected chi connectivity index (χ2v) is 8.85. The molecule has 1 heterocycles. The first-order chi connectivity index (χ1) is 8.15. The molecular formula is C9H17NO6S2. The summed E-state index contributed by atoms with van der Waals surface area (Å²) in [5.41, 5.74) is 0. The van der Waals surface area contributed by atoms with Gasteiger partial charge in [-0.3, -0.25) is 4.79 Å². The number of esters is 1. The number of sulfonamides is 1. The molecule has 0 bridgehead atoms. The molecule has 1 aliphatic heterocycles. The smallest absolute Gasteiger partial charge is 0.309 e. The van der Waals surface area contributed by atoms with Crippen LogP contribution in [0, 0.1) is 5.92 Å². The molecule has 0 spiro atoms. The van der Waals surface area contributed by atoms with E-state index in [2.05, 4.69) is 4.74 Å². The zero-order valence-corrected chi connectivity index (χ0v) is 12.0. The molecule has 0 N–H and O–H groups in total. The van der Waals surface area contributed by atoms with E-state index in [0.717, 1.165) is 10.6 Å². The van der Waals surface area contributed by atoms with Crippen LogP contribution in [0.4, 0.5) is 0 Å². The maximum absolute atomic E-state index is 11.9. The van der Waals surface area contributed by atoms with Crippen LogP contribution >= 0.6 is 0 Å². The molecule has 1 atom stereocenters. The number of hydrogen-bond acceptors (Lipinski definition) is 6. The Bertz CT molecular complexity index is 509. The molecule has 9 heteroatoms. The van der Waals surface area contributed by atoms with Crippen LogP contribution in [0.15, 0.2) is 0 Å². The number of carbonyl (C=O) groups is 1. The monoisotopic (exact) mass is 299 g/mol. The number of sulfone groups is 1. The third kappa shape index (κ3) is 4.21. The number of ether oxygens (including phenoxy) is 1. The SMILES string of the molecule is COC(=O)[C@H]1CCCN(S(=O)(=O)CS(C)(=O)=O)C1. The van der Waals surface area contributed by atoms with Gasteiger partial charge >= 0.3 is 5.97 Å². The van der Waals surface area contributed by atoms with E-state index in [1.165, 1.54) is 7.11 Å². The van der Waals surface area contributed by atoms with Gasteiger partial charge < -0.3 is 4.74 Å². The molecule has 1 rings (SSSR count). The summed E-state index contributed by atoms with van der Waals surface area (Å²) < 4.78 is 51.5.